The molecule has 0 aliphatic carbocycles. The zero-order valence-electron chi connectivity index (χ0n) is 16.8. The quantitative estimate of drug-likeness (QED) is 0.335. The number of carbonyl (C=O) groups excluding carboxylic acids is 1. The maximum absolute atomic E-state index is 12.7. The highest BCUT2D eigenvalue weighted by Crippen LogP contribution is 2.27. The van der Waals surface area contributed by atoms with Gasteiger partial charge in [0.15, 0.2) is 0 Å². The van der Waals surface area contributed by atoms with Gasteiger partial charge >= 0.3 is 5.97 Å². The summed E-state index contributed by atoms with van der Waals surface area (Å²) in [5.74, 6) is 0.913. The van der Waals surface area contributed by atoms with Crippen molar-refractivity contribution in [1.29, 1.82) is 0 Å². The number of fused-ring (bicyclic) bond motifs is 1. The van der Waals surface area contributed by atoms with E-state index >= 15 is 0 Å². The molecular formula is C23H18ClN3O4. The lowest BCUT2D eigenvalue weighted by molar-refractivity contribution is 0.0526. The standard InChI is InChI=1S/C23H18ClN3O4/c1-3-30-23(29)18-12-15(8-10-19(18)24)21-11-9-16(31-21)13-25-27-14(2)26-20-7-5-4-6-17(20)22(27)28/h4-13H,3H2,1-2H3/b25-13+. The van der Waals surface area contributed by atoms with Gasteiger partial charge in [-0.2, -0.15) is 9.78 Å². The lowest BCUT2D eigenvalue weighted by atomic mass is 10.1. The zero-order chi connectivity index (χ0) is 22.0. The fourth-order valence-electron chi connectivity index (χ4n) is 3.11. The number of aryl methyl sites for hydroxylation is 1. The minimum absolute atomic E-state index is 0.253. The lowest BCUT2D eigenvalue weighted by Crippen LogP contribution is -2.20. The van der Waals surface area contributed by atoms with Gasteiger partial charge in [0.25, 0.3) is 5.56 Å². The second-order valence-electron chi connectivity index (χ2n) is 6.65. The molecule has 0 atom stereocenters. The molecule has 2 aromatic heterocycles. The highest BCUT2D eigenvalue weighted by Gasteiger charge is 2.14. The lowest BCUT2D eigenvalue weighted by Gasteiger charge is -2.06. The van der Waals surface area contributed by atoms with Gasteiger partial charge in [0.2, 0.25) is 0 Å². The van der Waals surface area contributed by atoms with Crippen molar-refractivity contribution >= 4 is 34.7 Å². The van der Waals surface area contributed by atoms with Crippen molar-refractivity contribution in [3.05, 3.63) is 87.1 Å². The van der Waals surface area contributed by atoms with Gasteiger partial charge in [-0.15, -0.1) is 0 Å². The number of carbonyl (C=O) groups is 1. The number of benzene rings is 2. The van der Waals surface area contributed by atoms with Crippen LogP contribution in [0.2, 0.25) is 5.02 Å². The Morgan fingerprint density at radius 1 is 1.23 bits per heavy atom. The predicted octanol–water partition coefficient (Wildman–Crippen LogP) is 4.68. The number of rotatable bonds is 5. The van der Waals surface area contributed by atoms with Crippen molar-refractivity contribution in [2.24, 2.45) is 5.10 Å². The Bertz CT molecular complexity index is 1370. The summed E-state index contributed by atoms with van der Waals surface area (Å²) in [7, 11) is 0. The third kappa shape index (κ3) is 4.13. The number of nitrogens with zero attached hydrogens (tertiary/aromatic N) is 3. The Hall–Kier alpha value is -3.71. The number of para-hydroxylation sites is 1. The summed E-state index contributed by atoms with van der Waals surface area (Å²) in [6, 6.07) is 15.5. The van der Waals surface area contributed by atoms with Crippen LogP contribution in [0, 0.1) is 6.92 Å². The molecule has 4 aromatic rings. The van der Waals surface area contributed by atoms with Crippen LogP contribution in [-0.2, 0) is 4.74 Å². The van der Waals surface area contributed by atoms with Crippen LogP contribution in [0.15, 0.2) is 68.9 Å². The minimum atomic E-state index is -0.499. The molecule has 4 rings (SSSR count). The molecule has 2 heterocycles. The maximum Gasteiger partial charge on any atom is 0.339 e. The van der Waals surface area contributed by atoms with Crippen molar-refractivity contribution in [1.82, 2.24) is 9.66 Å². The Balaban J connectivity index is 1.64. The molecule has 0 fully saturated rings. The second kappa shape index (κ2) is 8.57. The van der Waals surface area contributed by atoms with Crippen molar-refractivity contribution in [3.8, 4) is 11.3 Å². The smallest absolute Gasteiger partial charge is 0.339 e. The van der Waals surface area contributed by atoms with E-state index in [1.165, 1.54) is 10.9 Å². The van der Waals surface area contributed by atoms with Crippen molar-refractivity contribution < 1.29 is 13.9 Å². The summed E-state index contributed by atoms with van der Waals surface area (Å²) >= 11 is 6.12. The molecule has 0 unspecified atom stereocenters. The maximum atomic E-state index is 12.7. The summed E-state index contributed by atoms with van der Waals surface area (Å²) in [4.78, 5) is 29.2. The average molecular weight is 436 g/mol. The first-order chi connectivity index (χ1) is 15.0. The fourth-order valence-corrected chi connectivity index (χ4v) is 3.30. The van der Waals surface area contributed by atoms with E-state index in [9.17, 15) is 9.59 Å². The van der Waals surface area contributed by atoms with E-state index in [4.69, 9.17) is 20.8 Å². The zero-order valence-corrected chi connectivity index (χ0v) is 17.6. The molecule has 0 radical (unpaired) electrons. The highest BCUT2D eigenvalue weighted by molar-refractivity contribution is 6.33. The number of halogens is 1. The van der Waals surface area contributed by atoms with Crippen LogP contribution in [-0.4, -0.2) is 28.5 Å². The molecule has 156 valence electrons. The summed E-state index contributed by atoms with van der Waals surface area (Å²) in [6.07, 6.45) is 1.44. The summed E-state index contributed by atoms with van der Waals surface area (Å²) in [5, 5.41) is 5.03. The van der Waals surface area contributed by atoms with E-state index in [1.54, 1.807) is 62.4 Å². The van der Waals surface area contributed by atoms with E-state index < -0.39 is 5.97 Å². The Kier molecular flexibility index (Phi) is 5.68. The molecule has 8 heteroatoms. The van der Waals surface area contributed by atoms with Crippen LogP contribution in [0.25, 0.3) is 22.2 Å². The van der Waals surface area contributed by atoms with Crippen LogP contribution < -0.4 is 5.56 Å². The number of ether oxygens (including phenoxy) is 1. The normalized spacial score (nSPS) is 11.3. The van der Waals surface area contributed by atoms with E-state index in [2.05, 4.69) is 10.1 Å². The first-order valence-corrected chi connectivity index (χ1v) is 9.95. The minimum Gasteiger partial charge on any atom is -0.462 e. The molecule has 0 N–H and O–H groups in total. The highest BCUT2D eigenvalue weighted by atomic mass is 35.5. The second-order valence-corrected chi connectivity index (χ2v) is 7.06. The molecule has 31 heavy (non-hydrogen) atoms. The van der Waals surface area contributed by atoms with Gasteiger partial charge in [0, 0.05) is 5.56 Å². The third-order valence-corrected chi connectivity index (χ3v) is 4.92. The van der Waals surface area contributed by atoms with Gasteiger partial charge in [0.1, 0.15) is 17.3 Å². The summed E-state index contributed by atoms with van der Waals surface area (Å²) < 4.78 is 12.1. The van der Waals surface area contributed by atoms with Gasteiger partial charge in [0.05, 0.1) is 34.3 Å². The molecule has 0 aliphatic rings. The third-order valence-electron chi connectivity index (χ3n) is 4.59. The van der Waals surface area contributed by atoms with Gasteiger partial charge in [-0.05, 0) is 56.3 Å². The molecule has 0 aliphatic heterocycles. The molecule has 0 spiro atoms. The first-order valence-electron chi connectivity index (χ1n) is 9.57. The Morgan fingerprint density at radius 2 is 2.03 bits per heavy atom. The van der Waals surface area contributed by atoms with Crippen LogP contribution in [0.3, 0.4) is 0 Å². The van der Waals surface area contributed by atoms with Crippen molar-refractivity contribution in [2.45, 2.75) is 13.8 Å². The monoisotopic (exact) mass is 435 g/mol. The van der Waals surface area contributed by atoms with E-state index in [0.29, 0.717) is 38.8 Å². The van der Waals surface area contributed by atoms with Gasteiger partial charge in [-0.1, -0.05) is 23.7 Å². The average Bonchev–Trinajstić information content (AvgIpc) is 3.23. The van der Waals surface area contributed by atoms with E-state index in [-0.39, 0.29) is 17.7 Å². The molecule has 0 saturated heterocycles. The van der Waals surface area contributed by atoms with Crippen LogP contribution >= 0.6 is 11.6 Å². The molecule has 2 aromatic carbocycles. The van der Waals surface area contributed by atoms with Crippen LogP contribution in [0.1, 0.15) is 28.9 Å². The Labute approximate surface area is 182 Å². The molecular weight excluding hydrogens is 418 g/mol. The Morgan fingerprint density at radius 3 is 2.84 bits per heavy atom. The molecule has 0 saturated carbocycles. The van der Waals surface area contributed by atoms with E-state index in [0.717, 1.165) is 0 Å². The number of furan rings is 1. The van der Waals surface area contributed by atoms with Gasteiger partial charge < -0.3 is 9.15 Å². The number of hydrogen-bond acceptors (Lipinski definition) is 6. The number of esters is 1. The van der Waals surface area contributed by atoms with Gasteiger partial charge in [-0.3, -0.25) is 4.79 Å². The molecule has 0 amide bonds. The largest absolute Gasteiger partial charge is 0.462 e. The van der Waals surface area contributed by atoms with Crippen molar-refractivity contribution in [2.75, 3.05) is 6.61 Å². The topological polar surface area (TPSA) is 86.7 Å². The predicted molar refractivity (Wildman–Crippen MR) is 119 cm³/mol. The van der Waals surface area contributed by atoms with E-state index in [1.807, 2.05) is 6.07 Å². The SMILES string of the molecule is CCOC(=O)c1cc(-c2ccc(/C=N/n3c(C)nc4ccccc4c3=O)o2)ccc1Cl. The number of aromatic nitrogens is 2. The van der Waals surface area contributed by atoms with Crippen molar-refractivity contribution in [3.63, 3.8) is 0 Å². The molecule has 7 nitrogen and oxygen atoms in total. The van der Waals surface area contributed by atoms with Crippen LogP contribution in [0.5, 0.6) is 0 Å². The first kappa shape index (κ1) is 20.6. The fraction of sp³-hybridized carbons (Fsp3) is 0.130. The summed E-state index contributed by atoms with van der Waals surface area (Å²) in [5.41, 5.74) is 1.28. The van der Waals surface area contributed by atoms with Crippen LogP contribution in [0.4, 0.5) is 0 Å². The molecule has 0 bridgehead atoms. The van der Waals surface area contributed by atoms with Gasteiger partial charge in [-0.25, -0.2) is 9.78 Å². The summed E-state index contributed by atoms with van der Waals surface area (Å²) in [6.45, 7) is 3.69. The number of hydrogen-bond donors (Lipinski definition) is 0.